The summed E-state index contributed by atoms with van der Waals surface area (Å²) in [5.41, 5.74) is 0. The smallest absolute Gasteiger partial charge is 0.00417 e. The van der Waals surface area contributed by atoms with Crippen LogP contribution in [-0.2, 0) is 0 Å². The molecular formula is C14H31NS. The van der Waals surface area contributed by atoms with Crippen LogP contribution in [0.15, 0.2) is 0 Å². The minimum absolute atomic E-state index is 0.701. The lowest BCUT2D eigenvalue weighted by atomic mass is 10.1. The van der Waals surface area contributed by atoms with Gasteiger partial charge in [-0.1, -0.05) is 34.1 Å². The van der Waals surface area contributed by atoms with Gasteiger partial charge in [0.15, 0.2) is 0 Å². The van der Waals surface area contributed by atoms with E-state index in [0.717, 1.165) is 11.2 Å². The SMILES string of the molecule is CCCNC(C)CCCCSC(C)C(C)C. The van der Waals surface area contributed by atoms with Crippen LogP contribution in [0, 0.1) is 5.92 Å². The van der Waals surface area contributed by atoms with Crippen LogP contribution in [0.3, 0.4) is 0 Å². The fourth-order valence-corrected chi connectivity index (χ4v) is 2.63. The molecule has 2 heteroatoms. The summed E-state index contributed by atoms with van der Waals surface area (Å²) >= 11 is 2.13. The predicted molar refractivity (Wildman–Crippen MR) is 78.4 cm³/mol. The van der Waals surface area contributed by atoms with Gasteiger partial charge in [0.25, 0.3) is 0 Å². The van der Waals surface area contributed by atoms with E-state index in [4.69, 9.17) is 0 Å². The Balaban J connectivity index is 3.26. The van der Waals surface area contributed by atoms with Crippen molar-refractivity contribution < 1.29 is 0 Å². The quantitative estimate of drug-likeness (QED) is 0.575. The van der Waals surface area contributed by atoms with Gasteiger partial charge in [0.05, 0.1) is 0 Å². The van der Waals surface area contributed by atoms with Crippen molar-refractivity contribution >= 4 is 11.8 Å². The second-order valence-electron chi connectivity index (χ2n) is 5.17. The van der Waals surface area contributed by atoms with E-state index in [0.29, 0.717) is 6.04 Å². The predicted octanol–water partition coefficient (Wildman–Crippen LogP) is 4.32. The maximum Gasteiger partial charge on any atom is 0.00417 e. The molecule has 0 radical (unpaired) electrons. The number of rotatable bonds is 10. The molecule has 0 bridgehead atoms. The van der Waals surface area contributed by atoms with Crippen molar-refractivity contribution in [3.63, 3.8) is 0 Å². The van der Waals surface area contributed by atoms with Crippen LogP contribution >= 0.6 is 11.8 Å². The first kappa shape index (κ1) is 16.3. The summed E-state index contributed by atoms with van der Waals surface area (Å²) in [4.78, 5) is 0. The van der Waals surface area contributed by atoms with Crippen LogP contribution < -0.4 is 5.32 Å². The molecule has 0 heterocycles. The first-order valence-electron chi connectivity index (χ1n) is 6.92. The van der Waals surface area contributed by atoms with Crippen molar-refractivity contribution in [2.45, 2.75) is 71.6 Å². The number of thioether (sulfide) groups is 1. The fourth-order valence-electron chi connectivity index (χ4n) is 1.51. The molecule has 0 fully saturated rings. The number of hydrogen-bond acceptors (Lipinski definition) is 2. The van der Waals surface area contributed by atoms with Gasteiger partial charge in [-0.05, 0) is 44.4 Å². The molecule has 0 saturated heterocycles. The van der Waals surface area contributed by atoms with Crippen LogP contribution in [0.2, 0.25) is 0 Å². The second kappa shape index (κ2) is 10.5. The first-order chi connectivity index (χ1) is 7.57. The number of unbranched alkanes of at least 4 members (excludes halogenated alkanes) is 1. The molecule has 2 unspecified atom stereocenters. The van der Waals surface area contributed by atoms with Gasteiger partial charge in [-0.3, -0.25) is 0 Å². The molecule has 1 nitrogen and oxygen atoms in total. The van der Waals surface area contributed by atoms with Gasteiger partial charge in [0.2, 0.25) is 0 Å². The Morgan fingerprint density at radius 2 is 1.75 bits per heavy atom. The monoisotopic (exact) mass is 245 g/mol. The van der Waals surface area contributed by atoms with E-state index in [2.05, 4.69) is 51.7 Å². The van der Waals surface area contributed by atoms with Gasteiger partial charge >= 0.3 is 0 Å². The molecule has 0 rings (SSSR count). The summed E-state index contributed by atoms with van der Waals surface area (Å²) in [5, 5.41) is 4.36. The zero-order valence-corrected chi connectivity index (χ0v) is 12.7. The average molecular weight is 245 g/mol. The van der Waals surface area contributed by atoms with Crippen molar-refractivity contribution in [1.29, 1.82) is 0 Å². The highest BCUT2D eigenvalue weighted by atomic mass is 32.2. The topological polar surface area (TPSA) is 12.0 Å². The van der Waals surface area contributed by atoms with Crippen molar-refractivity contribution in [1.82, 2.24) is 5.32 Å². The largest absolute Gasteiger partial charge is 0.314 e. The highest BCUT2D eigenvalue weighted by molar-refractivity contribution is 7.99. The van der Waals surface area contributed by atoms with Crippen molar-refractivity contribution in [2.75, 3.05) is 12.3 Å². The third kappa shape index (κ3) is 9.53. The Kier molecular flexibility index (Phi) is 10.7. The molecule has 0 aromatic heterocycles. The lowest BCUT2D eigenvalue weighted by Crippen LogP contribution is -2.26. The molecule has 16 heavy (non-hydrogen) atoms. The minimum Gasteiger partial charge on any atom is -0.314 e. The summed E-state index contributed by atoms with van der Waals surface area (Å²) in [5.74, 6) is 2.15. The minimum atomic E-state index is 0.701. The molecule has 0 aromatic carbocycles. The normalized spacial score (nSPS) is 15.4. The Labute approximate surface area is 107 Å². The lowest BCUT2D eigenvalue weighted by Gasteiger charge is -2.15. The van der Waals surface area contributed by atoms with Gasteiger partial charge in [-0.25, -0.2) is 0 Å². The molecule has 1 N–H and O–H groups in total. The van der Waals surface area contributed by atoms with E-state index in [-0.39, 0.29) is 0 Å². The lowest BCUT2D eigenvalue weighted by molar-refractivity contribution is 0.496. The van der Waals surface area contributed by atoms with Crippen molar-refractivity contribution in [2.24, 2.45) is 5.92 Å². The highest BCUT2D eigenvalue weighted by Gasteiger charge is 2.06. The molecule has 0 aliphatic rings. The van der Waals surface area contributed by atoms with Crippen LogP contribution in [-0.4, -0.2) is 23.6 Å². The van der Waals surface area contributed by atoms with Gasteiger partial charge in [-0.2, -0.15) is 11.8 Å². The summed E-state index contributed by atoms with van der Waals surface area (Å²) in [7, 11) is 0. The van der Waals surface area contributed by atoms with Gasteiger partial charge in [-0.15, -0.1) is 0 Å². The van der Waals surface area contributed by atoms with Gasteiger partial charge in [0.1, 0.15) is 0 Å². The molecule has 0 saturated carbocycles. The molecular weight excluding hydrogens is 214 g/mol. The standard InChI is InChI=1S/C14H31NS/c1-6-10-15-13(4)9-7-8-11-16-14(5)12(2)3/h12-15H,6-11H2,1-5H3. The average Bonchev–Trinajstić information content (AvgIpc) is 2.25. The summed E-state index contributed by atoms with van der Waals surface area (Å²) in [6, 6.07) is 0.701. The Morgan fingerprint density at radius 3 is 2.31 bits per heavy atom. The molecule has 98 valence electrons. The zero-order valence-electron chi connectivity index (χ0n) is 11.9. The van der Waals surface area contributed by atoms with Crippen LogP contribution in [0.5, 0.6) is 0 Å². The fraction of sp³-hybridized carbons (Fsp3) is 1.00. The molecule has 0 amide bonds. The van der Waals surface area contributed by atoms with Crippen molar-refractivity contribution in [3.8, 4) is 0 Å². The summed E-state index contributed by atoms with van der Waals surface area (Å²) in [6.07, 6.45) is 5.32. The maximum absolute atomic E-state index is 3.54. The highest BCUT2D eigenvalue weighted by Crippen LogP contribution is 2.20. The van der Waals surface area contributed by atoms with Gasteiger partial charge in [0, 0.05) is 11.3 Å². The third-order valence-electron chi connectivity index (χ3n) is 3.09. The Hall–Kier alpha value is 0.310. The van der Waals surface area contributed by atoms with E-state index in [1.54, 1.807) is 0 Å². The van der Waals surface area contributed by atoms with E-state index < -0.39 is 0 Å². The first-order valence-corrected chi connectivity index (χ1v) is 7.97. The number of nitrogens with one attached hydrogen (secondary N) is 1. The Morgan fingerprint density at radius 1 is 1.06 bits per heavy atom. The molecule has 2 atom stereocenters. The molecule has 0 aliphatic heterocycles. The van der Waals surface area contributed by atoms with Crippen LogP contribution in [0.1, 0.15) is 60.3 Å². The molecule has 0 aliphatic carbocycles. The summed E-state index contributed by atoms with van der Waals surface area (Å²) in [6.45, 7) is 12.7. The third-order valence-corrected chi connectivity index (χ3v) is 4.69. The zero-order chi connectivity index (χ0) is 12.4. The summed E-state index contributed by atoms with van der Waals surface area (Å²) < 4.78 is 0. The maximum atomic E-state index is 3.54. The Bertz CT molecular complexity index is 148. The second-order valence-corrected chi connectivity index (χ2v) is 6.66. The van der Waals surface area contributed by atoms with E-state index >= 15 is 0 Å². The molecule has 0 spiro atoms. The van der Waals surface area contributed by atoms with Crippen LogP contribution in [0.25, 0.3) is 0 Å². The molecule has 0 aromatic rings. The van der Waals surface area contributed by atoms with Crippen LogP contribution in [0.4, 0.5) is 0 Å². The van der Waals surface area contributed by atoms with E-state index in [1.165, 1.54) is 38.0 Å². The van der Waals surface area contributed by atoms with Gasteiger partial charge < -0.3 is 5.32 Å². The van der Waals surface area contributed by atoms with Crippen molar-refractivity contribution in [3.05, 3.63) is 0 Å². The van der Waals surface area contributed by atoms with E-state index in [1.807, 2.05) is 0 Å². The number of hydrogen-bond donors (Lipinski definition) is 1. The van der Waals surface area contributed by atoms with E-state index in [9.17, 15) is 0 Å².